The molecule has 1 aliphatic rings. The summed E-state index contributed by atoms with van der Waals surface area (Å²) in [6.07, 6.45) is 2.82. The highest BCUT2D eigenvalue weighted by Crippen LogP contribution is 2.36. The molecule has 0 saturated heterocycles. The highest BCUT2D eigenvalue weighted by atomic mass is 16.3. The summed E-state index contributed by atoms with van der Waals surface area (Å²) >= 11 is 0. The average Bonchev–Trinajstić information content (AvgIpc) is 2.65. The molecule has 0 radical (unpaired) electrons. The van der Waals surface area contributed by atoms with Crippen LogP contribution in [0.1, 0.15) is 43.3 Å². The fraction of sp³-hybridized carbons (Fsp3) is 0.688. The molecule has 0 spiro atoms. The number of furan rings is 1. The Morgan fingerprint density at radius 3 is 2.48 bits per heavy atom. The average molecular weight is 294 g/mol. The Morgan fingerprint density at radius 1 is 1.48 bits per heavy atom. The van der Waals surface area contributed by atoms with Gasteiger partial charge in [-0.15, -0.1) is 0 Å². The third kappa shape index (κ3) is 2.85. The highest BCUT2D eigenvalue weighted by molar-refractivity contribution is 5.87. The molecule has 0 bridgehead atoms. The summed E-state index contributed by atoms with van der Waals surface area (Å²) in [4.78, 5) is 14.4. The summed E-state index contributed by atoms with van der Waals surface area (Å²) < 4.78 is 5.46. The molecular formula is C16H26N2O3. The third-order valence-electron chi connectivity index (χ3n) is 4.67. The number of nitrogens with zero attached hydrogens (tertiary/aromatic N) is 1. The maximum Gasteiger partial charge on any atom is 0.240 e. The second kappa shape index (κ2) is 5.46. The van der Waals surface area contributed by atoms with Gasteiger partial charge >= 0.3 is 0 Å². The van der Waals surface area contributed by atoms with Crippen LogP contribution in [0.2, 0.25) is 0 Å². The van der Waals surface area contributed by atoms with E-state index in [1.807, 2.05) is 38.9 Å². The van der Waals surface area contributed by atoms with Crippen LogP contribution in [0.4, 0.5) is 0 Å². The van der Waals surface area contributed by atoms with Crippen LogP contribution in [-0.4, -0.2) is 42.1 Å². The molecule has 2 N–H and O–H groups in total. The zero-order chi connectivity index (χ0) is 15.8. The number of carbonyl (C=O) groups is 1. The van der Waals surface area contributed by atoms with Gasteiger partial charge in [0.15, 0.2) is 0 Å². The number of hydrogen-bond donors (Lipinski definition) is 2. The molecule has 2 rings (SSSR count). The Bertz CT molecular complexity index is 528. The van der Waals surface area contributed by atoms with E-state index in [1.54, 1.807) is 6.92 Å². The number of aryl methyl sites for hydroxylation is 2. The lowest BCUT2D eigenvalue weighted by atomic mass is 9.75. The van der Waals surface area contributed by atoms with Gasteiger partial charge in [0.1, 0.15) is 17.1 Å². The molecular weight excluding hydrogens is 268 g/mol. The number of aliphatic hydroxyl groups is 1. The summed E-state index contributed by atoms with van der Waals surface area (Å²) in [6, 6.07) is 1.83. The molecule has 1 fully saturated rings. The summed E-state index contributed by atoms with van der Waals surface area (Å²) in [6.45, 7) is 5.56. The van der Waals surface area contributed by atoms with Crippen LogP contribution >= 0.6 is 0 Å². The van der Waals surface area contributed by atoms with E-state index in [1.165, 1.54) is 0 Å². The fourth-order valence-electron chi connectivity index (χ4n) is 3.07. The molecule has 1 aromatic rings. The molecule has 1 heterocycles. The first-order chi connectivity index (χ1) is 9.69. The lowest BCUT2D eigenvalue weighted by molar-refractivity contribution is -0.138. The minimum absolute atomic E-state index is 0.00288. The van der Waals surface area contributed by atoms with Crippen molar-refractivity contribution >= 4 is 5.91 Å². The normalized spacial score (nSPS) is 20.0. The van der Waals surface area contributed by atoms with Gasteiger partial charge in [-0.25, -0.2) is 0 Å². The van der Waals surface area contributed by atoms with Crippen LogP contribution in [0, 0.1) is 13.8 Å². The summed E-state index contributed by atoms with van der Waals surface area (Å²) in [7, 11) is 3.86. The van der Waals surface area contributed by atoms with E-state index in [2.05, 4.69) is 5.32 Å². The minimum atomic E-state index is -1.13. The van der Waals surface area contributed by atoms with Crippen LogP contribution in [0.25, 0.3) is 0 Å². The smallest absolute Gasteiger partial charge is 0.240 e. The molecule has 1 aliphatic carbocycles. The van der Waals surface area contributed by atoms with Gasteiger partial charge in [0.05, 0.1) is 12.1 Å². The van der Waals surface area contributed by atoms with E-state index in [9.17, 15) is 9.90 Å². The Morgan fingerprint density at radius 2 is 2.10 bits per heavy atom. The standard InChI is InChI=1S/C16H26N2O3/c1-11-9-13(12(2)21-11)15(3,20)10-17-14(19)16(18(4)5)7-6-8-16/h9,20H,6-8,10H2,1-5H3,(H,17,19). The molecule has 1 saturated carbocycles. The molecule has 1 aromatic heterocycles. The van der Waals surface area contributed by atoms with Crippen LogP contribution in [-0.2, 0) is 10.4 Å². The van der Waals surface area contributed by atoms with Gasteiger partial charge in [0.2, 0.25) is 5.91 Å². The molecule has 1 atom stereocenters. The predicted octanol–water partition coefficient (Wildman–Crippen LogP) is 1.70. The zero-order valence-electron chi connectivity index (χ0n) is 13.6. The lowest BCUT2D eigenvalue weighted by Crippen LogP contribution is -2.61. The van der Waals surface area contributed by atoms with E-state index in [4.69, 9.17) is 4.42 Å². The Labute approximate surface area is 126 Å². The first kappa shape index (κ1) is 16.0. The second-order valence-electron chi connectivity index (χ2n) is 6.56. The predicted molar refractivity (Wildman–Crippen MR) is 81.0 cm³/mol. The summed E-state index contributed by atoms with van der Waals surface area (Å²) in [5.41, 5.74) is -0.806. The topological polar surface area (TPSA) is 65.7 Å². The molecule has 5 heteroatoms. The molecule has 0 aromatic carbocycles. The fourth-order valence-corrected chi connectivity index (χ4v) is 3.07. The van der Waals surface area contributed by atoms with E-state index in [0.717, 1.165) is 30.6 Å². The Hall–Kier alpha value is -1.33. The van der Waals surface area contributed by atoms with Gasteiger partial charge in [-0.05, 0) is 60.2 Å². The number of amides is 1. The van der Waals surface area contributed by atoms with Crippen molar-refractivity contribution in [2.24, 2.45) is 0 Å². The van der Waals surface area contributed by atoms with Gasteiger partial charge in [-0.3, -0.25) is 9.69 Å². The SMILES string of the molecule is Cc1cc(C(C)(O)CNC(=O)C2(N(C)C)CCC2)c(C)o1. The van der Waals surface area contributed by atoms with Crippen molar-refractivity contribution in [2.45, 2.75) is 51.2 Å². The van der Waals surface area contributed by atoms with Crippen molar-refractivity contribution in [3.8, 4) is 0 Å². The first-order valence-electron chi connectivity index (χ1n) is 7.45. The molecule has 1 unspecified atom stereocenters. The van der Waals surface area contributed by atoms with Gasteiger partial charge in [0, 0.05) is 5.56 Å². The lowest BCUT2D eigenvalue weighted by Gasteiger charge is -2.45. The molecule has 5 nitrogen and oxygen atoms in total. The van der Waals surface area contributed by atoms with E-state index < -0.39 is 11.1 Å². The monoisotopic (exact) mass is 294 g/mol. The summed E-state index contributed by atoms with van der Waals surface area (Å²) in [5, 5.41) is 13.5. The van der Waals surface area contributed by atoms with Gasteiger partial charge in [-0.1, -0.05) is 0 Å². The highest BCUT2D eigenvalue weighted by Gasteiger charge is 2.46. The third-order valence-corrected chi connectivity index (χ3v) is 4.67. The number of nitrogens with one attached hydrogen (secondary N) is 1. The quantitative estimate of drug-likeness (QED) is 0.867. The number of likely N-dealkylation sites (N-methyl/N-ethyl adjacent to an activating group) is 1. The largest absolute Gasteiger partial charge is 0.466 e. The summed E-state index contributed by atoms with van der Waals surface area (Å²) in [5.74, 6) is 1.45. The molecule has 21 heavy (non-hydrogen) atoms. The zero-order valence-corrected chi connectivity index (χ0v) is 13.6. The van der Waals surface area contributed by atoms with Gasteiger partial charge in [0.25, 0.3) is 0 Å². The van der Waals surface area contributed by atoms with Crippen LogP contribution in [0.5, 0.6) is 0 Å². The first-order valence-corrected chi connectivity index (χ1v) is 7.45. The van der Waals surface area contributed by atoms with Crippen LogP contribution in [0.15, 0.2) is 10.5 Å². The van der Waals surface area contributed by atoms with Crippen LogP contribution in [0.3, 0.4) is 0 Å². The van der Waals surface area contributed by atoms with Crippen molar-refractivity contribution in [1.29, 1.82) is 0 Å². The minimum Gasteiger partial charge on any atom is -0.466 e. The van der Waals surface area contributed by atoms with E-state index >= 15 is 0 Å². The molecule has 0 aliphatic heterocycles. The number of carbonyl (C=O) groups excluding carboxylic acids is 1. The maximum absolute atomic E-state index is 12.5. The van der Waals surface area contributed by atoms with Crippen molar-refractivity contribution in [1.82, 2.24) is 10.2 Å². The van der Waals surface area contributed by atoms with Gasteiger partial charge in [-0.2, -0.15) is 0 Å². The molecule has 118 valence electrons. The number of hydrogen-bond acceptors (Lipinski definition) is 4. The maximum atomic E-state index is 12.5. The van der Waals surface area contributed by atoms with Crippen molar-refractivity contribution in [3.63, 3.8) is 0 Å². The molecule has 1 amide bonds. The van der Waals surface area contributed by atoms with Crippen molar-refractivity contribution in [3.05, 3.63) is 23.2 Å². The number of rotatable bonds is 5. The van der Waals surface area contributed by atoms with E-state index in [0.29, 0.717) is 5.76 Å². The van der Waals surface area contributed by atoms with Gasteiger partial charge < -0.3 is 14.8 Å². The van der Waals surface area contributed by atoms with E-state index in [-0.39, 0.29) is 12.5 Å². The second-order valence-corrected chi connectivity index (χ2v) is 6.56. The Kier molecular flexibility index (Phi) is 4.17. The van der Waals surface area contributed by atoms with Crippen molar-refractivity contribution < 1.29 is 14.3 Å². The van der Waals surface area contributed by atoms with Crippen molar-refractivity contribution in [2.75, 3.05) is 20.6 Å². The Balaban J connectivity index is 2.05. The van der Waals surface area contributed by atoms with Crippen LogP contribution < -0.4 is 5.32 Å².